The van der Waals surface area contributed by atoms with Crippen LogP contribution in [-0.4, -0.2) is 19.5 Å². The van der Waals surface area contributed by atoms with Gasteiger partial charge in [-0.2, -0.15) is 0 Å². The van der Waals surface area contributed by atoms with Crippen molar-refractivity contribution in [3.8, 4) is 5.69 Å². The van der Waals surface area contributed by atoms with Crippen molar-refractivity contribution in [1.82, 2.24) is 19.5 Å². The van der Waals surface area contributed by atoms with E-state index in [2.05, 4.69) is 9.97 Å². The van der Waals surface area contributed by atoms with Crippen LogP contribution in [0.5, 0.6) is 0 Å². The van der Waals surface area contributed by atoms with Gasteiger partial charge in [0, 0.05) is 4.88 Å². The fraction of sp³-hybridized carbons (Fsp3) is 0.200. The third-order valence-corrected chi connectivity index (χ3v) is 7.97. The Labute approximate surface area is 198 Å². The van der Waals surface area contributed by atoms with E-state index in [9.17, 15) is 9.59 Å². The number of nitrogens with one attached hydrogen (secondary N) is 1. The molecule has 0 amide bonds. The average molecular weight is 475 g/mol. The van der Waals surface area contributed by atoms with Crippen molar-refractivity contribution in [2.24, 2.45) is 0 Å². The molecule has 0 spiro atoms. The maximum absolute atomic E-state index is 13.5. The van der Waals surface area contributed by atoms with Crippen LogP contribution in [0.3, 0.4) is 0 Å². The standard InChI is InChI=1S/C25H22N4O2S2/c1-13-9-10-17(11-14(13)2)29-24(31)18-7-5-6-8-19(18)26-25(29)32-12-20-27-22(30)21-15(3)16(4)33-23(21)28-20/h5-11H,12H2,1-4H3,(H,27,28,30). The molecule has 0 aliphatic carbocycles. The lowest BCUT2D eigenvalue weighted by molar-refractivity contribution is 0.817. The van der Waals surface area contributed by atoms with Crippen molar-refractivity contribution in [2.75, 3.05) is 0 Å². The Kier molecular flexibility index (Phi) is 5.42. The van der Waals surface area contributed by atoms with Gasteiger partial charge in [0.25, 0.3) is 11.1 Å². The molecule has 0 atom stereocenters. The minimum absolute atomic E-state index is 0.118. The Balaban J connectivity index is 1.62. The van der Waals surface area contributed by atoms with E-state index in [1.807, 2.05) is 64.1 Å². The Morgan fingerprint density at radius 1 is 1.00 bits per heavy atom. The molecular weight excluding hydrogens is 452 g/mol. The highest BCUT2D eigenvalue weighted by Gasteiger charge is 2.16. The number of fused-ring (bicyclic) bond motifs is 2. The lowest BCUT2D eigenvalue weighted by Crippen LogP contribution is -2.22. The van der Waals surface area contributed by atoms with Crippen molar-refractivity contribution in [2.45, 2.75) is 38.6 Å². The molecule has 166 valence electrons. The summed E-state index contributed by atoms with van der Waals surface area (Å²) in [6.07, 6.45) is 0. The molecule has 0 unspecified atom stereocenters. The van der Waals surface area contributed by atoms with Crippen LogP contribution in [0.25, 0.3) is 26.8 Å². The van der Waals surface area contributed by atoms with E-state index in [4.69, 9.17) is 4.98 Å². The first-order valence-electron chi connectivity index (χ1n) is 10.5. The van der Waals surface area contributed by atoms with E-state index in [1.54, 1.807) is 10.6 Å². The third kappa shape index (κ3) is 3.79. The van der Waals surface area contributed by atoms with Gasteiger partial charge in [0.2, 0.25) is 0 Å². The van der Waals surface area contributed by atoms with Crippen molar-refractivity contribution in [3.63, 3.8) is 0 Å². The first-order valence-corrected chi connectivity index (χ1v) is 12.3. The Morgan fingerprint density at radius 2 is 1.79 bits per heavy atom. The second kappa shape index (κ2) is 8.28. The Bertz CT molecular complexity index is 1660. The lowest BCUT2D eigenvalue weighted by Gasteiger charge is -2.14. The second-order valence-electron chi connectivity index (χ2n) is 8.09. The summed E-state index contributed by atoms with van der Waals surface area (Å²) in [5.74, 6) is 0.948. The highest BCUT2D eigenvalue weighted by molar-refractivity contribution is 7.98. The van der Waals surface area contributed by atoms with Gasteiger partial charge in [-0.25, -0.2) is 9.97 Å². The van der Waals surface area contributed by atoms with E-state index in [0.29, 0.717) is 33.0 Å². The predicted octanol–water partition coefficient (Wildman–Crippen LogP) is 5.21. The highest BCUT2D eigenvalue weighted by atomic mass is 32.2. The molecule has 8 heteroatoms. The summed E-state index contributed by atoms with van der Waals surface area (Å²) >= 11 is 2.91. The van der Waals surface area contributed by atoms with Crippen molar-refractivity contribution in [3.05, 3.63) is 90.6 Å². The quantitative estimate of drug-likeness (QED) is 0.286. The van der Waals surface area contributed by atoms with E-state index in [0.717, 1.165) is 32.1 Å². The SMILES string of the molecule is Cc1ccc(-n2c(SCc3nc4sc(C)c(C)c4c(=O)[nH]3)nc3ccccc3c2=O)cc1C. The predicted molar refractivity (Wildman–Crippen MR) is 136 cm³/mol. The first-order chi connectivity index (χ1) is 15.8. The number of hydrogen-bond acceptors (Lipinski definition) is 6. The molecule has 0 fully saturated rings. The number of H-pyrrole nitrogens is 1. The second-order valence-corrected chi connectivity index (χ2v) is 10.2. The zero-order valence-corrected chi connectivity index (χ0v) is 20.4. The summed E-state index contributed by atoms with van der Waals surface area (Å²) in [5, 5.41) is 1.78. The minimum atomic E-state index is -0.129. The van der Waals surface area contributed by atoms with E-state index < -0.39 is 0 Å². The largest absolute Gasteiger partial charge is 0.309 e. The number of thiophene rings is 1. The summed E-state index contributed by atoms with van der Waals surface area (Å²) in [6, 6.07) is 13.3. The lowest BCUT2D eigenvalue weighted by atomic mass is 10.1. The average Bonchev–Trinajstić information content (AvgIpc) is 3.08. The van der Waals surface area contributed by atoms with Crippen LogP contribution in [0.2, 0.25) is 0 Å². The summed E-state index contributed by atoms with van der Waals surface area (Å²) in [4.78, 5) is 40.3. The molecule has 0 aliphatic rings. The maximum atomic E-state index is 13.5. The molecule has 0 aliphatic heterocycles. The molecule has 33 heavy (non-hydrogen) atoms. The topological polar surface area (TPSA) is 80.6 Å². The van der Waals surface area contributed by atoms with Gasteiger partial charge in [-0.1, -0.05) is 30.0 Å². The van der Waals surface area contributed by atoms with E-state index in [1.165, 1.54) is 23.1 Å². The molecule has 0 saturated carbocycles. The molecule has 0 bridgehead atoms. The summed E-state index contributed by atoms with van der Waals surface area (Å²) in [5.41, 5.74) is 4.40. The molecular formula is C25H22N4O2S2. The number of aromatic amines is 1. The van der Waals surface area contributed by atoms with Crippen LogP contribution in [-0.2, 0) is 5.75 Å². The summed E-state index contributed by atoms with van der Waals surface area (Å²) < 4.78 is 1.65. The van der Waals surface area contributed by atoms with E-state index in [-0.39, 0.29) is 11.1 Å². The van der Waals surface area contributed by atoms with Gasteiger partial charge in [0.1, 0.15) is 10.7 Å². The Hall–Kier alpha value is -3.23. The zero-order chi connectivity index (χ0) is 23.3. The number of nitrogens with zero attached hydrogens (tertiary/aromatic N) is 3. The zero-order valence-electron chi connectivity index (χ0n) is 18.7. The van der Waals surface area contributed by atoms with Crippen LogP contribution in [0, 0.1) is 27.7 Å². The van der Waals surface area contributed by atoms with Crippen molar-refractivity contribution >= 4 is 44.2 Å². The molecule has 0 saturated heterocycles. The molecule has 0 radical (unpaired) electrons. The van der Waals surface area contributed by atoms with Crippen LogP contribution < -0.4 is 11.1 Å². The third-order valence-electron chi connectivity index (χ3n) is 5.92. The number of aromatic nitrogens is 4. The highest BCUT2D eigenvalue weighted by Crippen LogP contribution is 2.28. The molecule has 2 aromatic carbocycles. The van der Waals surface area contributed by atoms with Crippen LogP contribution in [0.15, 0.2) is 57.2 Å². The van der Waals surface area contributed by atoms with Crippen molar-refractivity contribution < 1.29 is 0 Å². The van der Waals surface area contributed by atoms with Crippen molar-refractivity contribution in [1.29, 1.82) is 0 Å². The first kappa shape index (κ1) is 21.6. The number of benzene rings is 2. The van der Waals surface area contributed by atoms with Gasteiger partial charge in [0.15, 0.2) is 5.16 Å². The number of rotatable bonds is 4. The number of hydrogen-bond donors (Lipinski definition) is 1. The smallest absolute Gasteiger partial charge is 0.266 e. The number of aryl methyl sites for hydroxylation is 4. The molecule has 5 aromatic rings. The van der Waals surface area contributed by atoms with Gasteiger partial charge < -0.3 is 4.98 Å². The molecule has 1 N–H and O–H groups in total. The van der Waals surface area contributed by atoms with Crippen LogP contribution >= 0.6 is 23.1 Å². The normalized spacial score (nSPS) is 11.5. The fourth-order valence-corrected chi connectivity index (χ4v) is 5.73. The molecule has 3 aromatic heterocycles. The Morgan fingerprint density at radius 3 is 2.58 bits per heavy atom. The molecule has 3 heterocycles. The van der Waals surface area contributed by atoms with Gasteiger partial charge in [-0.05, 0) is 68.7 Å². The van der Waals surface area contributed by atoms with Gasteiger partial charge >= 0.3 is 0 Å². The van der Waals surface area contributed by atoms with Crippen LogP contribution in [0.1, 0.15) is 27.4 Å². The van der Waals surface area contributed by atoms with Gasteiger partial charge in [-0.15, -0.1) is 11.3 Å². The summed E-state index contributed by atoms with van der Waals surface area (Å²) in [6.45, 7) is 8.01. The minimum Gasteiger partial charge on any atom is -0.309 e. The monoisotopic (exact) mass is 474 g/mol. The molecule has 5 rings (SSSR count). The fourth-order valence-electron chi connectivity index (χ4n) is 3.80. The molecule has 6 nitrogen and oxygen atoms in total. The maximum Gasteiger partial charge on any atom is 0.266 e. The summed E-state index contributed by atoms with van der Waals surface area (Å²) in [7, 11) is 0. The van der Waals surface area contributed by atoms with Gasteiger partial charge in [0.05, 0.1) is 27.7 Å². The van der Waals surface area contributed by atoms with Crippen LogP contribution in [0.4, 0.5) is 0 Å². The number of para-hydroxylation sites is 1. The number of thioether (sulfide) groups is 1. The van der Waals surface area contributed by atoms with E-state index >= 15 is 0 Å². The van der Waals surface area contributed by atoms with Gasteiger partial charge in [-0.3, -0.25) is 14.2 Å².